The van der Waals surface area contributed by atoms with E-state index in [0.29, 0.717) is 5.69 Å². The van der Waals surface area contributed by atoms with Crippen LogP contribution in [0, 0.1) is 0 Å². The molecule has 0 aromatic carbocycles. The first-order valence-corrected chi connectivity index (χ1v) is 4.35. The highest BCUT2D eigenvalue weighted by Gasteiger charge is 2.29. The first kappa shape index (κ1) is 11.9. The first-order valence-electron chi connectivity index (χ1n) is 4.35. The van der Waals surface area contributed by atoms with Crippen molar-refractivity contribution in [3.05, 3.63) is 11.8 Å². The maximum atomic E-state index is 11.8. The average Bonchev–Trinajstić information content (AvgIpc) is 2.45. The fourth-order valence-electron chi connectivity index (χ4n) is 0.833. The summed E-state index contributed by atoms with van der Waals surface area (Å²) in [6.07, 6.45) is -4.37. The lowest BCUT2D eigenvalue weighted by molar-refractivity contribution is -0.156. The van der Waals surface area contributed by atoms with Gasteiger partial charge in [-0.15, -0.1) is 0 Å². The largest absolute Gasteiger partial charge is 0.454 e. The van der Waals surface area contributed by atoms with E-state index in [-0.39, 0.29) is 11.4 Å². The number of hydrogen-bond donors (Lipinski definition) is 0. The number of hydrogen-bond acceptors (Lipinski definition) is 3. The molecule has 0 radical (unpaired) electrons. The van der Waals surface area contributed by atoms with E-state index in [4.69, 9.17) is 0 Å². The molecule has 0 atom stereocenters. The van der Waals surface area contributed by atoms with Crippen LogP contribution in [0.25, 0.3) is 0 Å². The minimum Gasteiger partial charge on any atom is -0.454 e. The predicted molar refractivity (Wildman–Crippen MR) is 46.8 cm³/mol. The summed E-state index contributed by atoms with van der Waals surface area (Å²) in [4.78, 5) is 0. The molecule has 86 valence electrons. The van der Waals surface area contributed by atoms with E-state index in [2.05, 4.69) is 14.4 Å². The normalized spacial score (nSPS) is 12.9. The summed E-state index contributed by atoms with van der Waals surface area (Å²) < 4.78 is 44.4. The zero-order valence-electron chi connectivity index (χ0n) is 8.68. The van der Waals surface area contributed by atoms with Crippen molar-refractivity contribution >= 4 is 0 Å². The molecule has 0 bridgehead atoms. The van der Waals surface area contributed by atoms with Crippen LogP contribution in [-0.2, 0) is 5.41 Å². The second-order valence-corrected chi connectivity index (χ2v) is 4.19. The summed E-state index contributed by atoms with van der Waals surface area (Å²) in [5.74, 6) is -0.211. The van der Waals surface area contributed by atoms with Crippen molar-refractivity contribution in [3.63, 3.8) is 0 Å². The fraction of sp³-hybridized carbons (Fsp3) is 0.667. The van der Waals surface area contributed by atoms with Crippen LogP contribution in [0.2, 0.25) is 0 Å². The van der Waals surface area contributed by atoms with E-state index >= 15 is 0 Å². The third-order valence-electron chi connectivity index (χ3n) is 1.64. The number of nitrogens with zero attached hydrogens (tertiary/aromatic N) is 1. The van der Waals surface area contributed by atoms with E-state index in [9.17, 15) is 13.2 Å². The molecule has 1 rings (SSSR count). The van der Waals surface area contributed by atoms with Gasteiger partial charge in [0, 0.05) is 11.5 Å². The number of rotatable bonds is 2. The van der Waals surface area contributed by atoms with Gasteiger partial charge in [0.05, 0.1) is 5.69 Å². The Hall–Kier alpha value is -1.20. The molecular formula is C9H12F3NO2. The zero-order chi connectivity index (χ0) is 11.7. The molecule has 3 nitrogen and oxygen atoms in total. The molecule has 0 fully saturated rings. The van der Waals surface area contributed by atoms with Gasteiger partial charge in [0.1, 0.15) is 0 Å². The lowest BCUT2D eigenvalue weighted by Crippen LogP contribution is -2.19. The van der Waals surface area contributed by atoms with E-state index in [1.54, 1.807) is 0 Å². The summed E-state index contributed by atoms with van der Waals surface area (Å²) in [5.41, 5.74) is 0.281. The van der Waals surface area contributed by atoms with Crippen LogP contribution in [0.3, 0.4) is 0 Å². The summed E-state index contributed by atoms with van der Waals surface area (Å²) in [7, 11) is 0. The zero-order valence-corrected chi connectivity index (χ0v) is 8.68. The topological polar surface area (TPSA) is 35.3 Å². The summed E-state index contributed by atoms with van der Waals surface area (Å²) >= 11 is 0. The highest BCUT2D eigenvalue weighted by Crippen LogP contribution is 2.25. The molecule has 0 aliphatic carbocycles. The second kappa shape index (κ2) is 3.75. The van der Waals surface area contributed by atoms with Crippen LogP contribution in [-0.4, -0.2) is 17.9 Å². The van der Waals surface area contributed by atoms with Crippen LogP contribution in [0.4, 0.5) is 13.2 Å². The van der Waals surface area contributed by atoms with Crippen molar-refractivity contribution in [2.45, 2.75) is 32.4 Å². The summed E-state index contributed by atoms with van der Waals surface area (Å²) in [6, 6.07) is 1.37. The minimum absolute atomic E-state index is 0.211. The van der Waals surface area contributed by atoms with Crippen molar-refractivity contribution in [2.24, 2.45) is 0 Å². The first-order chi connectivity index (χ1) is 6.68. The smallest absolute Gasteiger partial charge is 0.422 e. The summed E-state index contributed by atoms with van der Waals surface area (Å²) in [5, 5.41) is 3.62. The van der Waals surface area contributed by atoms with Crippen LogP contribution >= 0.6 is 0 Å². The lowest BCUT2D eigenvalue weighted by atomic mass is 9.93. The molecule has 0 N–H and O–H groups in total. The van der Waals surface area contributed by atoms with Crippen molar-refractivity contribution < 1.29 is 22.4 Å². The Morgan fingerprint density at radius 3 is 2.33 bits per heavy atom. The highest BCUT2D eigenvalue weighted by molar-refractivity contribution is 5.17. The Labute approximate surface area is 85.2 Å². The maximum Gasteiger partial charge on any atom is 0.422 e. The van der Waals surface area contributed by atoms with Gasteiger partial charge < -0.3 is 9.26 Å². The van der Waals surface area contributed by atoms with Gasteiger partial charge in [0.2, 0.25) is 0 Å². The average molecular weight is 223 g/mol. The molecule has 1 heterocycles. The van der Waals surface area contributed by atoms with E-state index in [1.165, 1.54) is 6.07 Å². The van der Waals surface area contributed by atoms with Crippen LogP contribution < -0.4 is 4.74 Å². The van der Waals surface area contributed by atoms with Crippen molar-refractivity contribution in [2.75, 3.05) is 6.61 Å². The van der Waals surface area contributed by atoms with Crippen molar-refractivity contribution in [1.29, 1.82) is 0 Å². The molecule has 0 saturated heterocycles. The van der Waals surface area contributed by atoms with Crippen LogP contribution in [0.1, 0.15) is 26.5 Å². The third-order valence-corrected chi connectivity index (χ3v) is 1.64. The molecular weight excluding hydrogens is 211 g/mol. The molecule has 0 aliphatic rings. The van der Waals surface area contributed by atoms with Gasteiger partial charge in [-0.1, -0.05) is 25.9 Å². The van der Waals surface area contributed by atoms with Crippen LogP contribution in [0.5, 0.6) is 5.95 Å². The Morgan fingerprint density at radius 2 is 1.93 bits per heavy atom. The van der Waals surface area contributed by atoms with Crippen molar-refractivity contribution in [3.8, 4) is 5.95 Å². The highest BCUT2D eigenvalue weighted by atomic mass is 19.4. The minimum atomic E-state index is -4.37. The Kier molecular flexibility index (Phi) is 2.97. The molecule has 0 aliphatic heterocycles. The van der Waals surface area contributed by atoms with Gasteiger partial charge in [-0.05, 0) is 0 Å². The molecule has 1 aromatic rings. The quantitative estimate of drug-likeness (QED) is 0.773. The molecule has 15 heavy (non-hydrogen) atoms. The monoisotopic (exact) mass is 223 g/mol. The van der Waals surface area contributed by atoms with Gasteiger partial charge in [-0.3, -0.25) is 0 Å². The molecule has 0 unspecified atom stereocenters. The van der Waals surface area contributed by atoms with Crippen molar-refractivity contribution in [1.82, 2.24) is 5.16 Å². The SMILES string of the molecule is CC(C)(C)c1cc(OCC(F)(F)F)on1. The summed E-state index contributed by atoms with van der Waals surface area (Å²) in [6.45, 7) is 4.25. The Balaban J connectivity index is 2.62. The molecule has 6 heteroatoms. The van der Waals surface area contributed by atoms with Gasteiger partial charge in [-0.25, -0.2) is 0 Å². The molecule has 0 amide bonds. The third kappa shape index (κ3) is 3.81. The number of aromatic nitrogens is 1. The fourth-order valence-corrected chi connectivity index (χ4v) is 0.833. The number of halogens is 3. The Morgan fingerprint density at radius 1 is 1.33 bits per heavy atom. The Bertz CT molecular complexity index is 325. The van der Waals surface area contributed by atoms with Gasteiger partial charge >= 0.3 is 12.1 Å². The number of ether oxygens (including phenoxy) is 1. The standard InChI is InChI=1S/C9H12F3NO2/c1-8(2,3)6-4-7(15-13-6)14-5-9(10,11)12/h4H,5H2,1-3H3. The van der Waals surface area contributed by atoms with E-state index in [1.807, 2.05) is 20.8 Å². The van der Waals surface area contributed by atoms with Gasteiger partial charge in [0.25, 0.3) is 0 Å². The van der Waals surface area contributed by atoms with Gasteiger partial charge in [-0.2, -0.15) is 13.2 Å². The van der Waals surface area contributed by atoms with E-state index in [0.717, 1.165) is 0 Å². The molecule has 1 aromatic heterocycles. The lowest BCUT2D eigenvalue weighted by Gasteiger charge is -2.12. The number of alkyl halides is 3. The molecule has 0 spiro atoms. The van der Waals surface area contributed by atoms with Gasteiger partial charge in [0.15, 0.2) is 6.61 Å². The maximum absolute atomic E-state index is 11.8. The second-order valence-electron chi connectivity index (χ2n) is 4.19. The molecule has 0 saturated carbocycles. The van der Waals surface area contributed by atoms with E-state index < -0.39 is 12.8 Å². The predicted octanol–water partition coefficient (Wildman–Crippen LogP) is 2.91. The van der Waals surface area contributed by atoms with Crippen LogP contribution in [0.15, 0.2) is 10.6 Å².